The second-order valence-corrected chi connectivity index (χ2v) is 7.72. The maximum Gasteiger partial charge on any atom is 0.408 e. The van der Waals surface area contributed by atoms with Crippen LogP contribution in [0, 0.1) is 0 Å². The number of hydrogen-bond donors (Lipinski definition) is 3. The number of benzene rings is 1. The molecule has 1 aromatic heterocycles. The van der Waals surface area contributed by atoms with Gasteiger partial charge in [-0.15, -0.1) is 10.2 Å². The van der Waals surface area contributed by atoms with Crippen molar-refractivity contribution in [2.24, 2.45) is 0 Å². The minimum atomic E-state index is -0.943. The molecule has 0 aliphatic carbocycles. The first kappa shape index (κ1) is 23.4. The van der Waals surface area contributed by atoms with Gasteiger partial charge in [0.05, 0.1) is 19.9 Å². The number of anilines is 1. The molecule has 0 saturated carbocycles. The standard InChI is InChI=1S/C20H26ClN5O4/c1-20(2,3)30-19(28)24-15(12-29-11-14-7-5-4-6-8-14)18(27)23-13-22-17-10-9-16(21)25-26-17/h4-10,15H,11-13H2,1-3H3,(H,22,26)(H,23,27)(H,24,28). The monoisotopic (exact) mass is 435 g/mol. The molecule has 1 aromatic carbocycles. The molecule has 2 amide bonds. The normalized spacial score (nSPS) is 12.0. The van der Waals surface area contributed by atoms with E-state index in [1.165, 1.54) is 0 Å². The highest BCUT2D eigenvalue weighted by atomic mass is 35.5. The molecule has 0 spiro atoms. The molecule has 2 rings (SSSR count). The summed E-state index contributed by atoms with van der Waals surface area (Å²) in [4.78, 5) is 24.7. The van der Waals surface area contributed by atoms with E-state index in [0.29, 0.717) is 12.4 Å². The highest BCUT2D eigenvalue weighted by Crippen LogP contribution is 2.08. The predicted molar refractivity (Wildman–Crippen MR) is 113 cm³/mol. The zero-order valence-electron chi connectivity index (χ0n) is 17.1. The summed E-state index contributed by atoms with van der Waals surface area (Å²) >= 11 is 5.69. The van der Waals surface area contributed by atoms with Crippen molar-refractivity contribution in [3.63, 3.8) is 0 Å². The fourth-order valence-corrected chi connectivity index (χ4v) is 2.36. The molecule has 3 N–H and O–H groups in total. The first-order valence-electron chi connectivity index (χ1n) is 9.35. The zero-order valence-corrected chi connectivity index (χ0v) is 17.9. The topological polar surface area (TPSA) is 114 Å². The third kappa shape index (κ3) is 9.06. The van der Waals surface area contributed by atoms with Crippen LogP contribution in [0.15, 0.2) is 42.5 Å². The average Bonchev–Trinajstić information content (AvgIpc) is 2.68. The van der Waals surface area contributed by atoms with Gasteiger partial charge in [-0.05, 0) is 38.5 Å². The lowest BCUT2D eigenvalue weighted by molar-refractivity contribution is -0.124. The van der Waals surface area contributed by atoms with Gasteiger partial charge < -0.3 is 25.4 Å². The minimum Gasteiger partial charge on any atom is -0.444 e. The number of aromatic nitrogens is 2. The summed E-state index contributed by atoms with van der Waals surface area (Å²) in [5, 5.41) is 15.9. The second-order valence-electron chi connectivity index (χ2n) is 7.34. The number of halogens is 1. The van der Waals surface area contributed by atoms with Crippen molar-refractivity contribution in [3.8, 4) is 0 Å². The van der Waals surface area contributed by atoms with Crippen molar-refractivity contribution in [1.82, 2.24) is 20.8 Å². The molecular weight excluding hydrogens is 410 g/mol. The Labute approximate surface area is 180 Å². The van der Waals surface area contributed by atoms with Gasteiger partial charge in [-0.25, -0.2) is 4.79 Å². The van der Waals surface area contributed by atoms with E-state index in [2.05, 4.69) is 26.1 Å². The summed E-state index contributed by atoms with van der Waals surface area (Å²) in [6.45, 7) is 5.57. The molecule has 0 aliphatic heterocycles. The van der Waals surface area contributed by atoms with E-state index < -0.39 is 23.6 Å². The second kappa shape index (κ2) is 11.3. The van der Waals surface area contributed by atoms with Gasteiger partial charge in [0.2, 0.25) is 5.91 Å². The van der Waals surface area contributed by atoms with Crippen LogP contribution < -0.4 is 16.0 Å². The fraction of sp³-hybridized carbons (Fsp3) is 0.400. The number of nitrogens with zero attached hydrogens (tertiary/aromatic N) is 2. The van der Waals surface area contributed by atoms with Crippen LogP contribution in [-0.2, 0) is 20.9 Å². The smallest absolute Gasteiger partial charge is 0.408 e. The molecule has 162 valence electrons. The summed E-state index contributed by atoms with van der Waals surface area (Å²) < 4.78 is 10.9. The predicted octanol–water partition coefficient (Wildman–Crippen LogP) is 2.73. The number of carbonyl (C=O) groups excluding carboxylic acids is 2. The third-order valence-corrected chi connectivity index (χ3v) is 3.77. The molecule has 0 fully saturated rings. The number of nitrogens with one attached hydrogen (secondary N) is 3. The van der Waals surface area contributed by atoms with Crippen LogP contribution in [0.5, 0.6) is 0 Å². The van der Waals surface area contributed by atoms with Crippen LogP contribution in [-0.4, -0.2) is 47.1 Å². The lowest BCUT2D eigenvalue weighted by Gasteiger charge is -2.23. The molecule has 0 radical (unpaired) electrons. The van der Waals surface area contributed by atoms with Gasteiger partial charge in [0, 0.05) is 0 Å². The van der Waals surface area contributed by atoms with Gasteiger partial charge in [0.1, 0.15) is 17.5 Å². The maximum atomic E-state index is 12.6. The molecule has 1 unspecified atom stereocenters. The number of amides is 2. The van der Waals surface area contributed by atoms with Gasteiger partial charge in [-0.1, -0.05) is 41.9 Å². The number of ether oxygens (including phenoxy) is 2. The molecular formula is C20H26ClN5O4. The van der Waals surface area contributed by atoms with Gasteiger partial charge in [-0.2, -0.15) is 0 Å². The van der Waals surface area contributed by atoms with Gasteiger partial charge in [0.25, 0.3) is 0 Å². The number of carbonyl (C=O) groups is 2. The molecule has 30 heavy (non-hydrogen) atoms. The van der Waals surface area contributed by atoms with Crippen LogP contribution in [0.25, 0.3) is 0 Å². The lowest BCUT2D eigenvalue weighted by atomic mass is 10.2. The fourth-order valence-electron chi connectivity index (χ4n) is 2.26. The Morgan fingerprint density at radius 1 is 1.10 bits per heavy atom. The summed E-state index contributed by atoms with van der Waals surface area (Å²) in [7, 11) is 0. The first-order valence-corrected chi connectivity index (χ1v) is 9.73. The molecule has 2 aromatic rings. The van der Waals surface area contributed by atoms with Crippen molar-refractivity contribution >= 4 is 29.4 Å². The van der Waals surface area contributed by atoms with E-state index in [9.17, 15) is 9.59 Å². The van der Waals surface area contributed by atoms with Gasteiger partial charge in [0.15, 0.2) is 5.15 Å². The maximum absolute atomic E-state index is 12.6. The molecule has 1 atom stereocenters. The van der Waals surface area contributed by atoms with Crippen LogP contribution in [0.1, 0.15) is 26.3 Å². The number of hydrogen-bond acceptors (Lipinski definition) is 7. The first-order chi connectivity index (χ1) is 14.2. The molecule has 0 aliphatic rings. The van der Waals surface area contributed by atoms with Crippen LogP contribution in [0.3, 0.4) is 0 Å². The summed E-state index contributed by atoms with van der Waals surface area (Å²) in [5.41, 5.74) is 0.266. The zero-order chi connectivity index (χ0) is 22.0. The van der Waals surface area contributed by atoms with E-state index in [-0.39, 0.29) is 18.4 Å². The molecule has 10 heteroatoms. The molecule has 0 bridgehead atoms. The van der Waals surface area contributed by atoms with Gasteiger partial charge >= 0.3 is 6.09 Å². The van der Waals surface area contributed by atoms with Crippen LogP contribution in [0.2, 0.25) is 5.15 Å². The highest BCUT2D eigenvalue weighted by Gasteiger charge is 2.24. The Hall–Kier alpha value is -2.91. The Balaban J connectivity index is 1.89. The Morgan fingerprint density at radius 3 is 2.47 bits per heavy atom. The van der Waals surface area contributed by atoms with Crippen molar-refractivity contribution in [3.05, 3.63) is 53.2 Å². The minimum absolute atomic E-state index is 0.0271. The Morgan fingerprint density at radius 2 is 1.83 bits per heavy atom. The van der Waals surface area contributed by atoms with E-state index in [1.54, 1.807) is 32.9 Å². The van der Waals surface area contributed by atoms with E-state index in [1.807, 2.05) is 30.3 Å². The molecule has 1 heterocycles. The van der Waals surface area contributed by atoms with Crippen molar-refractivity contribution < 1.29 is 19.1 Å². The van der Waals surface area contributed by atoms with E-state index >= 15 is 0 Å². The SMILES string of the molecule is CC(C)(C)OC(=O)NC(COCc1ccccc1)C(=O)NCNc1ccc(Cl)nn1. The third-order valence-electron chi connectivity index (χ3n) is 3.57. The van der Waals surface area contributed by atoms with E-state index in [4.69, 9.17) is 21.1 Å². The number of rotatable bonds is 9. The van der Waals surface area contributed by atoms with Crippen LogP contribution in [0.4, 0.5) is 10.6 Å². The van der Waals surface area contributed by atoms with Crippen molar-refractivity contribution in [2.45, 2.75) is 39.0 Å². The Kier molecular flexibility index (Phi) is 8.82. The summed E-state index contributed by atoms with van der Waals surface area (Å²) in [6, 6.07) is 11.8. The Bertz CT molecular complexity index is 812. The molecule has 0 saturated heterocycles. The quantitative estimate of drug-likeness (QED) is 0.519. The summed E-state index contributed by atoms with van der Waals surface area (Å²) in [5.74, 6) is 0.0000210. The largest absolute Gasteiger partial charge is 0.444 e. The van der Waals surface area contributed by atoms with Crippen LogP contribution >= 0.6 is 11.6 Å². The summed E-state index contributed by atoms with van der Waals surface area (Å²) in [6.07, 6.45) is -0.706. The van der Waals surface area contributed by atoms with Crippen molar-refractivity contribution in [1.29, 1.82) is 0 Å². The van der Waals surface area contributed by atoms with Crippen molar-refractivity contribution in [2.75, 3.05) is 18.6 Å². The van der Waals surface area contributed by atoms with Gasteiger partial charge in [-0.3, -0.25) is 4.79 Å². The lowest BCUT2D eigenvalue weighted by Crippen LogP contribution is -2.51. The highest BCUT2D eigenvalue weighted by molar-refractivity contribution is 6.29. The average molecular weight is 436 g/mol. The number of alkyl carbamates (subject to hydrolysis) is 1. The molecule has 9 nitrogen and oxygen atoms in total. The van der Waals surface area contributed by atoms with E-state index in [0.717, 1.165) is 5.56 Å².